The quantitative estimate of drug-likeness (QED) is 0.904. The summed E-state index contributed by atoms with van der Waals surface area (Å²) in [6.07, 6.45) is 6.23. The monoisotopic (exact) mass is 286 g/mol. The van der Waals surface area contributed by atoms with Crippen LogP contribution in [0.5, 0.6) is 0 Å². The molecule has 3 nitrogen and oxygen atoms in total. The highest BCUT2D eigenvalue weighted by atomic mass is 16.2. The summed E-state index contributed by atoms with van der Waals surface area (Å²) in [5.41, 5.74) is 8.57. The van der Waals surface area contributed by atoms with Crippen LogP contribution < -0.4 is 5.73 Å². The van der Waals surface area contributed by atoms with Crippen molar-refractivity contribution in [1.82, 2.24) is 4.90 Å². The number of nitrogens with two attached hydrogens (primary N) is 1. The topological polar surface area (TPSA) is 46.3 Å². The number of amides is 1. The molecule has 2 atom stereocenters. The van der Waals surface area contributed by atoms with Crippen molar-refractivity contribution in [3.8, 4) is 0 Å². The molecule has 0 radical (unpaired) electrons. The first kappa shape index (κ1) is 14.6. The molecular weight excluding hydrogens is 260 g/mol. The van der Waals surface area contributed by atoms with Crippen LogP contribution in [0.2, 0.25) is 0 Å². The van der Waals surface area contributed by atoms with E-state index in [1.807, 2.05) is 0 Å². The van der Waals surface area contributed by atoms with Gasteiger partial charge in [-0.15, -0.1) is 0 Å². The molecule has 3 rings (SSSR count). The van der Waals surface area contributed by atoms with Crippen LogP contribution in [0.3, 0.4) is 0 Å². The lowest BCUT2D eigenvalue weighted by Crippen LogP contribution is -2.37. The Morgan fingerprint density at radius 3 is 2.33 bits per heavy atom. The number of nitrogens with zero attached hydrogens (tertiary/aromatic N) is 1. The van der Waals surface area contributed by atoms with Crippen LogP contribution in [0, 0.1) is 5.92 Å². The Kier molecular flexibility index (Phi) is 4.29. The third-order valence-electron chi connectivity index (χ3n) is 4.88. The van der Waals surface area contributed by atoms with Gasteiger partial charge in [-0.25, -0.2) is 0 Å². The molecule has 0 aliphatic heterocycles. The molecule has 0 bridgehead atoms. The van der Waals surface area contributed by atoms with Gasteiger partial charge in [0, 0.05) is 24.5 Å². The molecule has 2 aliphatic carbocycles. The van der Waals surface area contributed by atoms with Gasteiger partial charge in [0.05, 0.1) is 0 Å². The molecule has 114 valence electrons. The Bertz CT molecular complexity index is 492. The smallest absolute Gasteiger partial charge is 0.226 e. The average Bonchev–Trinajstić information content (AvgIpc) is 3.26. The summed E-state index contributed by atoms with van der Waals surface area (Å²) in [5, 5.41) is 0. The van der Waals surface area contributed by atoms with Crippen LogP contribution in [0.4, 0.5) is 0 Å². The SMILES string of the molecule is CCc1ccc(CN(C(=O)[C@@H]2CC[C@@H](N)C2)C2CC2)cc1. The highest BCUT2D eigenvalue weighted by Crippen LogP contribution is 2.33. The predicted molar refractivity (Wildman–Crippen MR) is 84.7 cm³/mol. The van der Waals surface area contributed by atoms with E-state index in [0.29, 0.717) is 11.9 Å². The molecule has 0 spiro atoms. The highest BCUT2D eigenvalue weighted by Gasteiger charge is 2.38. The lowest BCUT2D eigenvalue weighted by Gasteiger charge is -2.26. The second-order valence-electron chi connectivity index (χ2n) is 6.64. The van der Waals surface area contributed by atoms with Crippen molar-refractivity contribution >= 4 is 5.91 Å². The maximum atomic E-state index is 12.8. The molecule has 1 aromatic carbocycles. The van der Waals surface area contributed by atoms with Crippen LogP contribution >= 0.6 is 0 Å². The zero-order chi connectivity index (χ0) is 14.8. The molecule has 21 heavy (non-hydrogen) atoms. The van der Waals surface area contributed by atoms with Gasteiger partial charge < -0.3 is 10.6 Å². The van der Waals surface area contributed by atoms with Crippen molar-refractivity contribution in [2.75, 3.05) is 0 Å². The van der Waals surface area contributed by atoms with Gasteiger partial charge in [-0.3, -0.25) is 4.79 Å². The standard InChI is InChI=1S/C18H26N2O/c1-2-13-3-5-14(6-4-13)12-20(17-9-10-17)18(21)15-7-8-16(19)11-15/h3-6,15-17H,2,7-12,19H2,1H3/t15-,16-/m1/s1. The molecule has 2 N–H and O–H groups in total. The van der Waals surface area contributed by atoms with Crippen molar-refractivity contribution in [3.05, 3.63) is 35.4 Å². The van der Waals surface area contributed by atoms with Gasteiger partial charge in [0.2, 0.25) is 5.91 Å². The number of carbonyl (C=O) groups excluding carboxylic acids is 1. The van der Waals surface area contributed by atoms with Crippen LogP contribution in [-0.4, -0.2) is 22.9 Å². The fourth-order valence-corrected chi connectivity index (χ4v) is 3.33. The Hall–Kier alpha value is -1.35. The van der Waals surface area contributed by atoms with E-state index in [2.05, 4.69) is 36.1 Å². The Morgan fingerprint density at radius 2 is 1.81 bits per heavy atom. The maximum Gasteiger partial charge on any atom is 0.226 e. The summed E-state index contributed by atoms with van der Waals surface area (Å²) in [7, 11) is 0. The molecule has 0 saturated heterocycles. The largest absolute Gasteiger partial charge is 0.335 e. The zero-order valence-electron chi connectivity index (χ0n) is 12.9. The summed E-state index contributed by atoms with van der Waals surface area (Å²) >= 11 is 0. The van der Waals surface area contributed by atoms with E-state index in [9.17, 15) is 4.79 Å². The first-order chi connectivity index (χ1) is 10.2. The van der Waals surface area contributed by atoms with Crippen molar-refractivity contribution in [2.24, 2.45) is 11.7 Å². The molecule has 2 aliphatic rings. The van der Waals surface area contributed by atoms with Crippen LogP contribution in [-0.2, 0) is 17.8 Å². The first-order valence-corrected chi connectivity index (χ1v) is 8.31. The Balaban J connectivity index is 1.68. The fraction of sp³-hybridized carbons (Fsp3) is 0.611. The molecule has 0 heterocycles. The number of benzene rings is 1. The summed E-state index contributed by atoms with van der Waals surface area (Å²) in [5.74, 6) is 0.500. The van der Waals surface area contributed by atoms with Crippen LogP contribution in [0.1, 0.15) is 50.2 Å². The maximum absolute atomic E-state index is 12.8. The summed E-state index contributed by atoms with van der Waals surface area (Å²) < 4.78 is 0. The Morgan fingerprint density at radius 1 is 1.14 bits per heavy atom. The minimum absolute atomic E-state index is 0.163. The Labute approximate surface area is 127 Å². The van der Waals surface area contributed by atoms with Crippen molar-refractivity contribution in [1.29, 1.82) is 0 Å². The number of rotatable bonds is 5. The van der Waals surface area contributed by atoms with Crippen molar-refractivity contribution in [3.63, 3.8) is 0 Å². The van der Waals surface area contributed by atoms with Gasteiger partial charge in [0.15, 0.2) is 0 Å². The van der Waals surface area contributed by atoms with Crippen LogP contribution in [0.25, 0.3) is 0 Å². The van der Waals surface area contributed by atoms with E-state index in [1.165, 1.54) is 11.1 Å². The molecule has 1 amide bonds. The second-order valence-corrected chi connectivity index (χ2v) is 6.64. The molecule has 1 aromatic rings. The average molecular weight is 286 g/mol. The molecule has 0 unspecified atom stereocenters. The van der Waals surface area contributed by atoms with E-state index >= 15 is 0 Å². The van der Waals surface area contributed by atoms with Gasteiger partial charge in [-0.2, -0.15) is 0 Å². The van der Waals surface area contributed by atoms with E-state index < -0.39 is 0 Å². The summed E-state index contributed by atoms with van der Waals surface area (Å²) in [6.45, 7) is 2.93. The summed E-state index contributed by atoms with van der Waals surface area (Å²) in [4.78, 5) is 14.9. The molecule has 2 saturated carbocycles. The summed E-state index contributed by atoms with van der Waals surface area (Å²) in [6, 6.07) is 9.39. The highest BCUT2D eigenvalue weighted by molar-refractivity contribution is 5.80. The third-order valence-corrected chi connectivity index (χ3v) is 4.88. The van der Waals surface area contributed by atoms with Gasteiger partial charge in [-0.05, 0) is 49.7 Å². The number of hydrogen-bond donors (Lipinski definition) is 1. The number of hydrogen-bond acceptors (Lipinski definition) is 2. The molecular formula is C18H26N2O. The van der Waals surface area contributed by atoms with Gasteiger partial charge in [0.1, 0.15) is 0 Å². The first-order valence-electron chi connectivity index (χ1n) is 8.31. The second kappa shape index (κ2) is 6.18. The van der Waals surface area contributed by atoms with Crippen molar-refractivity contribution in [2.45, 2.75) is 64.1 Å². The number of aryl methyl sites for hydroxylation is 1. The van der Waals surface area contributed by atoms with Gasteiger partial charge >= 0.3 is 0 Å². The molecule has 3 heteroatoms. The van der Waals surface area contributed by atoms with E-state index in [1.54, 1.807) is 0 Å². The molecule has 2 fully saturated rings. The van der Waals surface area contributed by atoms with Gasteiger partial charge in [0.25, 0.3) is 0 Å². The fourth-order valence-electron chi connectivity index (χ4n) is 3.33. The van der Waals surface area contributed by atoms with Gasteiger partial charge in [-0.1, -0.05) is 31.2 Å². The zero-order valence-corrected chi connectivity index (χ0v) is 12.9. The van der Waals surface area contributed by atoms with E-state index in [-0.39, 0.29) is 12.0 Å². The van der Waals surface area contributed by atoms with E-state index in [0.717, 1.165) is 45.1 Å². The molecule has 0 aromatic heterocycles. The third kappa shape index (κ3) is 3.46. The minimum atomic E-state index is 0.163. The predicted octanol–water partition coefficient (Wildman–Crippen LogP) is 2.87. The lowest BCUT2D eigenvalue weighted by atomic mass is 10.0. The normalized spacial score (nSPS) is 25.0. The lowest BCUT2D eigenvalue weighted by molar-refractivity contribution is -0.136. The minimum Gasteiger partial charge on any atom is -0.335 e. The van der Waals surface area contributed by atoms with E-state index in [4.69, 9.17) is 5.73 Å². The van der Waals surface area contributed by atoms with Crippen LogP contribution in [0.15, 0.2) is 24.3 Å². The number of carbonyl (C=O) groups is 1. The van der Waals surface area contributed by atoms with Crippen molar-refractivity contribution < 1.29 is 4.79 Å².